The third-order valence-electron chi connectivity index (χ3n) is 3.27. The molecule has 3 aromatic rings. The summed E-state index contributed by atoms with van der Waals surface area (Å²) in [7, 11) is 1.58. The highest BCUT2D eigenvalue weighted by Crippen LogP contribution is 2.20. The van der Waals surface area contributed by atoms with Crippen LogP contribution in [0, 0.1) is 0 Å². The Morgan fingerprint density at radius 2 is 2.04 bits per heavy atom. The zero-order chi connectivity index (χ0) is 16.1. The number of ether oxygens (including phenoxy) is 2. The van der Waals surface area contributed by atoms with Crippen LogP contribution in [-0.4, -0.2) is 29.4 Å². The predicted octanol–water partition coefficient (Wildman–Crippen LogP) is 2.66. The van der Waals surface area contributed by atoms with E-state index in [0.717, 1.165) is 10.8 Å². The van der Waals surface area contributed by atoms with Crippen molar-refractivity contribution in [2.45, 2.75) is 6.73 Å². The lowest BCUT2D eigenvalue weighted by molar-refractivity contribution is -0.118. The zero-order valence-corrected chi connectivity index (χ0v) is 12.7. The van der Waals surface area contributed by atoms with Crippen LogP contribution < -0.4 is 10.1 Å². The average Bonchev–Trinajstić information content (AvgIpc) is 3.00. The molecule has 2 aromatic carbocycles. The molecule has 0 radical (unpaired) electrons. The van der Waals surface area contributed by atoms with Crippen molar-refractivity contribution in [3.05, 3.63) is 54.9 Å². The van der Waals surface area contributed by atoms with E-state index >= 15 is 0 Å². The van der Waals surface area contributed by atoms with Crippen molar-refractivity contribution >= 4 is 22.4 Å². The van der Waals surface area contributed by atoms with Gasteiger partial charge in [0.05, 0.1) is 18.1 Å². The first kappa shape index (κ1) is 15.1. The lowest BCUT2D eigenvalue weighted by Crippen LogP contribution is -2.19. The van der Waals surface area contributed by atoms with Gasteiger partial charge in [0, 0.05) is 7.11 Å². The molecule has 0 fully saturated rings. The zero-order valence-electron chi connectivity index (χ0n) is 12.7. The third kappa shape index (κ3) is 3.87. The van der Waals surface area contributed by atoms with E-state index in [9.17, 15) is 4.79 Å². The van der Waals surface area contributed by atoms with Gasteiger partial charge in [0.1, 0.15) is 12.5 Å². The lowest BCUT2D eigenvalue weighted by atomic mass is 10.1. The van der Waals surface area contributed by atoms with E-state index in [2.05, 4.69) is 10.4 Å². The Morgan fingerprint density at radius 3 is 2.87 bits per heavy atom. The Morgan fingerprint density at radius 1 is 1.22 bits per heavy atom. The molecule has 23 heavy (non-hydrogen) atoms. The Hall–Kier alpha value is -2.86. The molecule has 0 atom stereocenters. The van der Waals surface area contributed by atoms with Crippen molar-refractivity contribution in [1.82, 2.24) is 9.78 Å². The van der Waals surface area contributed by atoms with Crippen molar-refractivity contribution in [3.8, 4) is 5.75 Å². The van der Waals surface area contributed by atoms with Crippen LogP contribution in [0.3, 0.4) is 0 Å². The Bertz CT molecular complexity index is 813. The van der Waals surface area contributed by atoms with Crippen LogP contribution in [0.2, 0.25) is 0 Å². The molecule has 118 valence electrons. The molecule has 1 amide bonds. The van der Waals surface area contributed by atoms with Gasteiger partial charge in [0.2, 0.25) is 0 Å². The highest BCUT2D eigenvalue weighted by Gasteiger charge is 2.06. The number of rotatable bonds is 6. The molecule has 1 N–H and O–H groups in total. The molecule has 0 aliphatic carbocycles. The van der Waals surface area contributed by atoms with Crippen LogP contribution in [0.15, 0.2) is 54.9 Å². The second-order valence-electron chi connectivity index (χ2n) is 5.03. The van der Waals surface area contributed by atoms with Gasteiger partial charge >= 0.3 is 0 Å². The van der Waals surface area contributed by atoms with Crippen molar-refractivity contribution in [2.75, 3.05) is 19.0 Å². The van der Waals surface area contributed by atoms with E-state index in [1.807, 2.05) is 42.5 Å². The number of hydrogen-bond donors (Lipinski definition) is 1. The smallest absolute Gasteiger partial charge is 0.262 e. The molecule has 0 unspecified atom stereocenters. The molecule has 1 aromatic heterocycles. The second-order valence-corrected chi connectivity index (χ2v) is 5.03. The molecular weight excluding hydrogens is 294 g/mol. The minimum absolute atomic E-state index is 0.0617. The highest BCUT2D eigenvalue weighted by atomic mass is 16.5. The van der Waals surface area contributed by atoms with E-state index < -0.39 is 0 Å². The molecular formula is C17H17N3O3. The van der Waals surface area contributed by atoms with Crippen molar-refractivity contribution < 1.29 is 14.3 Å². The molecule has 3 rings (SSSR count). The van der Waals surface area contributed by atoms with Crippen LogP contribution in [-0.2, 0) is 16.3 Å². The first-order valence-electron chi connectivity index (χ1n) is 7.17. The molecule has 0 saturated carbocycles. The molecule has 6 nitrogen and oxygen atoms in total. The standard InChI is InChI=1S/C17H17N3O3/c1-22-12-20-10-15(9-18-20)19-17(21)11-23-16-7-6-13-4-2-3-5-14(13)8-16/h2-10H,11-12H2,1H3,(H,19,21). The Labute approximate surface area is 133 Å². The monoisotopic (exact) mass is 311 g/mol. The van der Waals surface area contributed by atoms with E-state index in [1.165, 1.54) is 0 Å². The molecule has 6 heteroatoms. The Kier molecular flexibility index (Phi) is 4.54. The molecule has 0 aliphatic rings. The summed E-state index contributed by atoms with van der Waals surface area (Å²) in [6.45, 7) is 0.275. The number of nitrogens with zero attached hydrogens (tertiary/aromatic N) is 2. The fraction of sp³-hybridized carbons (Fsp3) is 0.176. The summed E-state index contributed by atoms with van der Waals surface area (Å²) in [4.78, 5) is 11.9. The minimum atomic E-state index is -0.241. The minimum Gasteiger partial charge on any atom is -0.484 e. The predicted molar refractivity (Wildman–Crippen MR) is 87.3 cm³/mol. The van der Waals surface area contributed by atoms with Crippen molar-refractivity contribution in [2.24, 2.45) is 0 Å². The van der Waals surface area contributed by atoms with Crippen LogP contribution in [0.5, 0.6) is 5.75 Å². The molecule has 1 heterocycles. The number of hydrogen-bond acceptors (Lipinski definition) is 4. The highest BCUT2D eigenvalue weighted by molar-refractivity contribution is 5.91. The summed E-state index contributed by atoms with van der Waals surface area (Å²) >= 11 is 0. The maximum atomic E-state index is 11.9. The first-order chi connectivity index (χ1) is 11.2. The second kappa shape index (κ2) is 6.93. The van der Waals surface area contributed by atoms with E-state index in [1.54, 1.807) is 24.2 Å². The van der Waals surface area contributed by atoms with Gasteiger partial charge in [-0.3, -0.25) is 4.79 Å². The SMILES string of the molecule is COCn1cc(NC(=O)COc2ccc3ccccc3c2)cn1. The topological polar surface area (TPSA) is 65.4 Å². The summed E-state index contributed by atoms with van der Waals surface area (Å²) < 4.78 is 12.1. The summed E-state index contributed by atoms with van der Waals surface area (Å²) in [5.74, 6) is 0.420. The van der Waals surface area contributed by atoms with Gasteiger partial charge in [-0.2, -0.15) is 5.10 Å². The lowest BCUT2D eigenvalue weighted by Gasteiger charge is -2.07. The van der Waals surface area contributed by atoms with Crippen LogP contribution in [0.1, 0.15) is 0 Å². The van der Waals surface area contributed by atoms with E-state index in [4.69, 9.17) is 9.47 Å². The van der Waals surface area contributed by atoms with Crippen LogP contribution in [0.25, 0.3) is 10.8 Å². The van der Waals surface area contributed by atoms with Gasteiger partial charge in [0.25, 0.3) is 5.91 Å². The molecule has 0 saturated heterocycles. The van der Waals surface area contributed by atoms with E-state index in [0.29, 0.717) is 18.2 Å². The molecule has 0 bridgehead atoms. The number of benzene rings is 2. The normalized spacial score (nSPS) is 10.7. The van der Waals surface area contributed by atoms with Gasteiger partial charge < -0.3 is 14.8 Å². The summed E-state index contributed by atoms with van der Waals surface area (Å²) in [5, 5.41) is 8.98. The van der Waals surface area contributed by atoms with Gasteiger partial charge in [-0.05, 0) is 22.9 Å². The number of amides is 1. The van der Waals surface area contributed by atoms with Gasteiger partial charge in [-0.25, -0.2) is 4.68 Å². The number of aromatic nitrogens is 2. The maximum absolute atomic E-state index is 11.9. The van der Waals surface area contributed by atoms with Gasteiger partial charge in [-0.15, -0.1) is 0 Å². The fourth-order valence-electron chi connectivity index (χ4n) is 2.23. The number of nitrogens with one attached hydrogen (secondary N) is 1. The number of carbonyl (C=O) groups is 1. The Balaban J connectivity index is 1.56. The van der Waals surface area contributed by atoms with Gasteiger partial charge in [-0.1, -0.05) is 30.3 Å². The fourth-order valence-corrected chi connectivity index (χ4v) is 2.23. The largest absolute Gasteiger partial charge is 0.484 e. The molecule has 0 spiro atoms. The average molecular weight is 311 g/mol. The third-order valence-corrected chi connectivity index (χ3v) is 3.27. The van der Waals surface area contributed by atoms with Gasteiger partial charge in [0.15, 0.2) is 6.61 Å². The van der Waals surface area contributed by atoms with Crippen LogP contribution >= 0.6 is 0 Å². The quantitative estimate of drug-likeness (QED) is 0.760. The summed E-state index contributed by atoms with van der Waals surface area (Å²) in [6.07, 6.45) is 3.25. The number of carbonyl (C=O) groups excluding carboxylic acids is 1. The van der Waals surface area contributed by atoms with Crippen LogP contribution in [0.4, 0.5) is 5.69 Å². The summed E-state index contributed by atoms with van der Waals surface area (Å²) in [6, 6.07) is 13.7. The first-order valence-corrected chi connectivity index (χ1v) is 7.17. The van der Waals surface area contributed by atoms with Crippen molar-refractivity contribution in [3.63, 3.8) is 0 Å². The number of anilines is 1. The molecule has 0 aliphatic heterocycles. The van der Waals surface area contributed by atoms with E-state index in [-0.39, 0.29) is 12.5 Å². The maximum Gasteiger partial charge on any atom is 0.262 e. The summed E-state index contributed by atoms with van der Waals surface area (Å²) in [5.41, 5.74) is 0.606. The van der Waals surface area contributed by atoms with Crippen molar-refractivity contribution in [1.29, 1.82) is 0 Å². The number of fused-ring (bicyclic) bond motifs is 1. The number of methoxy groups -OCH3 is 1.